The lowest BCUT2D eigenvalue weighted by atomic mass is 9.74. The van der Waals surface area contributed by atoms with Gasteiger partial charge in [0.05, 0.1) is 26.4 Å². The summed E-state index contributed by atoms with van der Waals surface area (Å²) in [5.41, 5.74) is 9.24. The summed E-state index contributed by atoms with van der Waals surface area (Å²) in [6.45, 7) is 5.20. The number of carbonyl (C=O) groups excluding carboxylic acids is 4. The quantitative estimate of drug-likeness (QED) is 0.0353. The van der Waals surface area contributed by atoms with E-state index in [0.29, 0.717) is 141 Å². The Balaban J connectivity index is 1.50. The van der Waals surface area contributed by atoms with E-state index in [1.54, 1.807) is 0 Å². The maximum atomic E-state index is 12.3. The third-order valence-corrected chi connectivity index (χ3v) is 16.7. The molecule has 16 nitrogen and oxygen atoms in total. The number of hydrogen-bond acceptors (Lipinski definition) is 16. The molecule has 16 aliphatic rings. The predicted molar refractivity (Wildman–Crippen MR) is 292 cm³/mol. The Kier molecular flexibility index (Phi) is 18.5. The molecular formula is C56H60Br4O16. The van der Waals surface area contributed by atoms with Crippen molar-refractivity contribution in [2.75, 3.05) is 53.6 Å². The summed E-state index contributed by atoms with van der Waals surface area (Å²) in [6, 6.07) is 8.59. The standard InChI is InChI=1S/C56H60Br4O16/c1-29(61)65-13-5-9-33-37-17-39-34(10-6-14-66-30(2)62)41-19-43-36(12-8-16-68-32(4)64)44-20-42-35(11-7-15-67-31(3)63)40-18-38(33)50-46(22-58)52(40)74-27-73-51(39)45(21-57)49(37)69-25-71-55(43)47(23-59)53(41)75-28-76-54(42)48(24-60)56(44)72-26-70-50/h17-20,33-36H,5-16,21-28H2,1-4H3. The molecule has 0 fully saturated rings. The van der Waals surface area contributed by atoms with Crippen LogP contribution in [-0.2, 0) is 59.4 Å². The van der Waals surface area contributed by atoms with Crippen LogP contribution in [0.5, 0.6) is 46.0 Å². The SMILES string of the molecule is CC(=O)OCCCC1c2cc3c4c(CBr)c2OCOc2c5cc(c(c2CBr)OCOc2c6cc(c(c2CBr)OCOc2c1cc(c(c2CBr)OCO4)C6CCCOC(C)=O)C5CCCOC(C)=O)C3CCCOC(C)=O. The molecule has 20 rings (SSSR count). The van der Waals surface area contributed by atoms with Gasteiger partial charge in [-0.15, -0.1) is 0 Å². The van der Waals surface area contributed by atoms with Crippen LogP contribution in [0, 0.1) is 0 Å². The summed E-state index contributed by atoms with van der Waals surface area (Å²) in [5, 5.41) is 1.18. The molecule has 408 valence electrons. The number of alkyl halides is 4. The van der Waals surface area contributed by atoms with Gasteiger partial charge in [0.1, 0.15) is 46.0 Å². The second-order valence-electron chi connectivity index (χ2n) is 19.1. The zero-order chi connectivity index (χ0) is 53.6. The molecule has 0 N–H and O–H groups in total. The molecule has 0 amide bonds. The van der Waals surface area contributed by atoms with Crippen LogP contribution in [0.2, 0.25) is 0 Å². The molecule has 4 aromatic carbocycles. The first-order valence-corrected chi connectivity index (χ1v) is 30.0. The maximum absolute atomic E-state index is 12.3. The van der Waals surface area contributed by atoms with Crippen molar-refractivity contribution in [1.29, 1.82) is 0 Å². The van der Waals surface area contributed by atoms with Crippen molar-refractivity contribution in [1.82, 2.24) is 0 Å². The molecule has 16 aliphatic heterocycles. The molecule has 0 saturated heterocycles. The number of halogens is 4. The normalized spacial score (nSPS) is 18.1. The first-order chi connectivity index (χ1) is 36.9. The molecule has 16 bridgehead atoms. The number of hydrogen-bond donors (Lipinski definition) is 0. The number of rotatable bonds is 20. The van der Waals surface area contributed by atoms with E-state index >= 15 is 0 Å². The number of carbonyl (C=O) groups is 4. The fraction of sp³-hybridized carbons (Fsp3) is 0.500. The van der Waals surface area contributed by atoms with Gasteiger partial charge in [-0.1, -0.05) is 63.7 Å². The number of esters is 4. The van der Waals surface area contributed by atoms with Gasteiger partial charge in [-0.05, 0) is 75.6 Å². The van der Waals surface area contributed by atoms with Crippen LogP contribution in [0.15, 0.2) is 24.3 Å². The Bertz CT molecular complexity index is 2370. The lowest BCUT2D eigenvalue weighted by Crippen LogP contribution is -2.25. The van der Waals surface area contributed by atoms with Gasteiger partial charge in [0.15, 0.2) is 0 Å². The molecule has 0 saturated carbocycles. The minimum Gasteiger partial charge on any atom is -0.466 e. The Labute approximate surface area is 475 Å². The molecule has 20 heteroatoms. The van der Waals surface area contributed by atoms with Crippen LogP contribution in [0.25, 0.3) is 0 Å². The van der Waals surface area contributed by atoms with Crippen molar-refractivity contribution in [3.63, 3.8) is 0 Å². The van der Waals surface area contributed by atoms with Crippen LogP contribution < -0.4 is 37.9 Å². The maximum Gasteiger partial charge on any atom is 0.302 e. The molecule has 16 heterocycles. The molecule has 0 unspecified atom stereocenters. The van der Waals surface area contributed by atoms with E-state index in [-0.39, 0.29) is 77.5 Å². The topological polar surface area (TPSA) is 179 Å². The van der Waals surface area contributed by atoms with Crippen LogP contribution in [0.1, 0.15) is 169 Å². The average Bonchev–Trinajstić information content (AvgIpc) is 3.37. The van der Waals surface area contributed by atoms with E-state index in [2.05, 4.69) is 88.0 Å². The highest BCUT2D eigenvalue weighted by Crippen LogP contribution is 2.59. The lowest BCUT2D eigenvalue weighted by Gasteiger charge is -2.37. The van der Waals surface area contributed by atoms with Crippen LogP contribution in [0.4, 0.5) is 0 Å². The van der Waals surface area contributed by atoms with Crippen molar-refractivity contribution in [2.24, 2.45) is 0 Å². The fourth-order valence-electron chi connectivity index (χ4n) is 11.4. The average molecular weight is 1310 g/mol. The van der Waals surface area contributed by atoms with Gasteiger partial charge in [-0.25, -0.2) is 0 Å². The van der Waals surface area contributed by atoms with Crippen molar-refractivity contribution in [3.05, 3.63) is 91.0 Å². The van der Waals surface area contributed by atoms with Gasteiger partial charge in [0.25, 0.3) is 0 Å². The highest BCUT2D eigenvalue weighted by molar-refractivity contribution is 9.09. The number of benzene rings is 4. The van der Waals surface area contributed by atoms with Crippen LogP contribution in [0.3, 0.4) is 0 Å². The van der Waals surface area contributed by atoms with Crippen molar-refractivity contribution >= 4 is 87.6 Å². The van der Waals surface area contributed by atoms with Gasteiger partial charge < -0.3 is 56.8 Å². The monoisotopic (exact) mass is 1300 g/mol. The minimum atomic E-state index is -0.511. The van der Waals surface area contributed by atoms with E-state index in [1.807, 2.05) is 0 Å². The van der Waals surface area contributed by atoms with E-state index in [4.69, 9.17) is 56.8 Å². The Morgan fingerprint density at radius 1 is 0.355 bits per heavy atom. The molecule has 76 heavy (non-hydrogen) atoms. The molecule has 0 aliphatic carbocycles. The summed E-state index contributed by atoms with van der Waals surface area (Å²) in [7, 11) is 0. The number of ether oxygens (including phenoxy) is 12. The molecule has 0 spiro atoms. The van der Waals surface area contributed by atoms with Gasteiger partial charge in [-0.2, -0.15) is 0 Å². The summed E-state index contributed by atoms with van der Waals surface area (Å²) < 4.78 is 79.2. The molecule has 0 radical (unpaired) electrons. The van der Waals surface area contributed by atoms with Crippen LogP contribution >= 0.6 is 63.7 Å². The molecular weight excluding hydrogens is 1250 g/mol. The largest absolute Gasteiger partial charge is 0.466 e. The van der Waals surface area contributed by atoms with Crippen molar-refractivity contribution < 1.29 is 76.0 Å². The van der Waals surface area contributed by atoms with Gasteiger partial charge in [0, 0.05) is 139 Å². The summed E-state index contributed by atoms with van der Waals surface area (Å²) in [4.78, 5) is 49.2. The van der Waals surface area contributed by atoms with Crippen molar-refractivity contribution in [2.45, 2.75) is 124 Å². The van der Waals surface area contributed by atoms with Gasteiger partial charge >= 0.3 is 23.9 Å². The summed E-state index contributed by atoms with van der Waals surface area (Å²) in [6.07, 6.45) is 3.62. The molecule has 4 aromatic rings. The van der Waals surface area contributed by atoms with E-state index < -0.39 is 23.7 Å². The minimum absolute atomic E-state index is 0.151. The highest BCUT2D eigenvalue weighted by atomic mass is 79.9. The van der Waals surface area contributed by atoms with Gasteiger partial charge in [-0.3, -0.25) is 19.2 Å². The zero-order valence-corrected chi connectivity index (χ0v) is 49.1. The zero-order valence-electron chi connectivity index (χ0n) is 42.8. The highest BCUT2D eigenvalue weighted by Gasteiger charge is 2.41. The Hall–Kier alpha value is -4.92. The van der Waals surface area contributed by atoms with E-state index in [0.717, 1.165) is 44.5 Å². The Morgan fingerprint density at radius 2 is 0.526 bits per heavy atom. The summed E-state index contributed by atoms with van der Waals surface area (Å²) >= 11 is 15.5. The van der Waals surface area contributed by atoms with Crippen LogP contribution in [-0.4, -0.2) is 77.5 Å². The third-order valence-electron chi connectivity index (χ3n) is 14.5. The van der Waals surface area contributed by atoms with Crippen molar-refractivity contribution in [3.8, 4) is 46.0 Å². The second-order valence-corrected chi connectivity index (χ2v) is 21.3. The second kappa shape index (κ2) is 25.3. The fourth-order valence-corrected chi connectivity index (χ4v) is 13.5. The Morgan fingerprint density at radius 3 is 0.671 bits per heavy atom. The lowest BCUT2D eigenvalue weighted by molar-refractivity contribution is -0.142. The van der Waals surface area contributed by atoms with Gasteiger partial charge in [0.2, 0.25) is 27.2 Å². The van der Waals surface area contributed by atoms with E-state index in [1.165, 1.54) is 27.7 Å². The third kappa shape index (κ3) is 11.5. The summed E-state index contributed by atoms with van der Waals surface area (Å²) in [5.74, 6) is 0.590. The first-order valence-electron chi connectivity index (χ1n) is 25.5. The molecule has 0 atom stereocenters. The molecule has 0 aromatic heterocycles. The predicted octanol–water partition coefficient (Wildman–Crippen LogP) is 12.4. The van der Waals surface area contributed by atoms with E-state index in [9.17, 15) is 19.2 Å². The smallest absolute Gasteiger partial charge is 0.302 e. The first kappa shape index (κ1) is 55.8.